The first kappa shape index (κ1) is 25.5. The predicted molar refractivity (Wildman–Crippen MR) is 126 cm³/mol. The molecule has 0 amide bonds. The van der Waals surface area contributed by atoms with Crippen LogP contribution in [0.5, 0.6) is 0 Å². The Labute approximate surface area is 177 Å². The zero-order chi connectivity index (χ0) is 20.6. The van der Waals surface area contributed by atoms with Crippen LogP contribution in [-0.2, 0) is 0 Å². The summed E-state index contributed by atoms with van der Waals surface area (Å²) >= 11 is 0. The van der Waals surface area contributed by atoms with Gasteiger partial charge in [0.15, 0.2) is 0 Å². The highest BCUT2D eigenvalue weighted by molar-refractivity contribution is 5.03. The molecule has 164 valence electrons. The largest absolute Gasteiger partial charge is 0.306 e. The fraction of sp³-hybridized carbons (Fsp3) is 0.923. The number of hydrogen-bond acceptors (Lipinski definition) is 2. The van der Waals surface area contributed by atoms with Crippen molar-refractivity contribution < 1.29 is 0 Å². The normalized spacial score (nSPS) is 18.1. The van der Waals surface area contributed by atoms with Gasteiger partial charge in [-0.2, -0.15) is 0 Å². The third kappa shape index (κ3) is 12.1. The maximum Gasteiger partial charge on any atom is 0.0217 e. The van der Waals surface area contributed by atoms with Crippen LogP contribution in [0.1, 0.15) is 98.3 Å². The molecule has 2 nitrogen and oxygen atoms in total. The summed E-state index contributed by atoms with van der Waals surface area (Å²) in [5.41, 5.74) is 0. The minimum Gasteiger partial charge on any atom is -0.306 e. The van der Waals surface area contributed by atoms with Crippen molar-refractivity contribution in [1.29, 1.82) is 0 Å². The topological polar surface area (TPSA) is 6.48 Å². The second kappa shape index (κ2) is 16.3. The second-order valence-electron chi connectivity index (χ2n) is 9.43. The SMILES string of the molecule is CCCCCCC(C)CN(C)CC1CCN(CCC#CC(CC)CCC)CC1. The summed E-state index contributed by atoms with van der Waals surface area (Å²) < 4.78 is 0. The molecule has 0 N–H and O–H groups in total. The molecule has 2 atom stereocenters. The molecule has 0 aromatic heterocycles. The standard InChI is InChI=1S/C26H50N2/c1-6-9-10-11-15-24(4)22-27(5)23-26-17-20-28(21-18-26)19-13-12-16-25(8-3)14-7-2/h24-26H,6-11,13-15,17-23H2,1-5H3. The van der Waals surface area contributed by atoms with Crippen LogP contribution in [0.4, 0.5) is 0 Å². The summed E-state index contributed by atoms with van der Waals surface area (Å²) in [6.07, 6.45) is 14.5. The second-order valence-corrected chi connectivity index (χ2v) is 9.43. The van der Waals surface area contributed by atoms with Crippen LogP contribution in [0.2, 0.25) is 0 Å². The Balaban J connectivity index is 2.14. The molecule has 0 aromatic rings. The van der Waals surface area contributed by atoms with Gasteiger partial charge in [0.25, 0.3) is 0 Å². The molecule has 0 radical (unpaired) electrons. The molecule has 1 aliphatic heterocycles. The number of likely N-dealkylation sites (tertiary alicyclic amines) is 1. The highest BCUT2D eigenvalue weighted by atomic mass is 15.1. The van der Waals surface area contributed by atoms with Gasteiger partial charge < -0.3 is 9.80 Å². The Hall–Kier alpha value is -0.520. The fourth-order valence-electron chi connectivity index (χ4n) is 4.61. The van der Waals surface area contributed by atoms with Crippen molar-refractivity contribution in [2.75, 3.05) is 39.8 Å². The molecule has 2 heteroatoms. The van der Waals surface area contributed by atoms with Crippen molar-refractivity contribution in [3.8, 4) is 11.8 Å². The molecule has 0 aliphatic carbocycles. The lowest BCUT2D eigenvalue weighted by Crippen LogP contribution is -2.39. The zero-order valence-corrected chi connectivity index (χ0v) is 19.9. The van der Waals surface area contributed by atoms with Crippen LogP contribution in [-0.4, -0.2) is 49.6 Å². The predicted octanol–water partition coefficient (Wildman–Crippen LogP) is 6.46. The van der Waals surface area contributed by atoms with E-state index < -0.39 is 0 Å². The van der Waals surface area contributed by atoms with Crippen molar-refractivity contribution in [2.45, 2.75) is 98.3 Å². The van der Waals surface area contributed by atoms with E-state index in [0.29, 0.717) is 5.92 Å². The molecule has 0 bridgehead atoms. The molecule has 1 rings (SSSR count). The van der Waals surface area contributed by atoms with Gasteiger partial charge in [0.1, 0.15) is 0 Å². The van der Waals surface area contributed by atoms with Crippen molar-refractivity contribution in [3.05, 3.63) is 0 Å². The van der Waals surface area contributed by atoms with E-state index >= 15 is 0 Å². The van der Waals surface area contributed by atoms with E-state index in [2.05, 4.69) is 56.4 Å². The van der Waals surface area contributed by atoms with E-state index in [0.717, 1.165) is 18.3 Å². The van der Waals surface area contributed by atoms with Gasteiger partial charge in [-0.05, 0) is 64.1 Å². The first-order valence-electron chi connectivity index (χ1n) is 12.5. The number of hydrogen-bond donors (Lipinski definition) is 0. The van der Waals surface area contributed by atoms with E-state index in [1.54, 1.807) is 0 Å². The van der Waals surface area contributed by atoms with Crippen LogP contribution in [0.15, 0.2) is 0 Å². The zero-order valence-electron chi connectivity index (χ0n) is 19.9. The monoisotopic (exact) mass is 390 g/mol. The van der Waals surface area contributed by atoms with Gasteiger partial charge in [-0.3, -0.25) is 0 Å². The summed E-state index contributed by atoms with van der Waals surface area (Å²) in [4.78, 5) is 5.25. The Morgan fingerprint density at radius 1 is 1.00 bits per heavy atom. The summed E-state index contributed by atoms with van der Waals surface area (Å²) in [6, 6.07) is 0. The molecule has 1 aliphatic rings. The Morgan fingerprint density at radius 2 is 1.75 bits per heavy atom. The van der Waals surface area contributed by atoms with Gasteiger partial charge in [0.05, 0.1) is 0 Å². The Morgan fingerprint density at radius 3 is 2.39 bits per heavy atom. The number of nitrogens with zero attached hydrogens (tertiary/aromatic N) is 2. The summed E-state index contributed by atoms with van der Waals surface area (Å²) in [7, 11) is 2.34. The molecule has 28 heavy (non-hydrogen) atoms. The average Bonchev–Trinajstić information content (AvgIpc) is 2.68. The highest BCUT2D eigenvalue weighted by Crippen LogP contribution is 2.19. The molecular weight excluding hydrogens is 340 g/mol. The lowest BCUT2D eigenvalue weighted by molar-refractivity contribution is 0.149. The van der Waals surface area contributed by atoms with Gasteiger partial charge in [-0.1, -0.05) is 65.7 Å². The van der Waals surface area contributed by atoms with Crippen molar-refractivity contribution >= 4 is 0 Å². The summed E-state index contributed by atoms with van der Waals surface area (Å²) in [6.45, 7) is 15.6. The van der Waals surface area contributed by atoms with Crippen LogP contribution in [0.3, 0.4) is 0 Å². The van der Waals surface area contributed by atoms with Gasteiger partial charge in [0.2, 0.25) is 0 Å². The Kier molecular flexibility index (Phi) is 14.9. The minimum atomic E-state index is 0.625. The number of rotatable bonds is 14. The summed E-state index contributed by atoms with van der Waals surface area (Å²) in [5.74, 6) is 9.33. The van der Waals surface area contributed by atoms with E-state index in [1.165, 1.54) is 96.9 Å². The maximum atomic E-state index is 3.50. The van der Waals surface area contributed by atoms with Crippen LogP contribution in [0.25, 0.3) is 0 Å². The van der Waals surface area contributed by atoms with E-state index in [4.69, 9.17) is 0 Å². The molecule has 1 fully saturated rings. The van der Waals surface area contributed by atoms with Gasteiger partial charge >= 0.3 is 0 Å². The van der Waals surface area contributed by atoms with Crippen molar-refractivity contribution in [2.24, 2.45) is 17.8 Å². The molecule has 1 heterocycles. The van der Waals surface area contributed by atoms with Crippen LogP contribution in [0, 0.1) is 29.6 Å². The molecule has 1 saturated heterocycles. The number of piperidine rings is 1. The molecular formula is C26H50N2. The van der Waals surface area contributed by atoms with Crippen LogP contribution < -0.4 is 0 Å². The quantitative estimate of drug-likeness (QED) is 0.248. The van der Waals surface area contributed by atoms with E-state index in [9.17, 15) is 0 Å². The molecule has 0 saturated carbocycles. The number of unbranched alkanes of at least 4 members (excludes halogenated alkanes) is 3. The van der Waals surface area contributed by atoms with Crippen molar-refractivity contribution in [1.82, 2.24) is 9.80 Å². The molecule has 2 unspecified atom stereocenters. The first-order valence-corrected chi connectivity index (χ1v) is 12.5. The first-order chi connectivity index (χ1) is 13.6. The van der Waals surface area contributed by atoms with Gasteiger partial charge in [-0.25, -0.2) is 0 Å². The highest BCUT2D eigenvalue weighted by Gasteiger charge is 2.20. The lowest BCUT2D eigenvalue weighted by Gasteiger charge is -2.34. The smallest absolute Gasteiger partial charge is 0.0217 e. The van der Waals surface area contributed by atoms with Gasteiger partial charge in [0, 0.05) is 32.0 Å². The average molecular weight is 391 g/mol. The fourth-order valence-corrected chi connectivity index (χ4v) is 4.61. The van der Waals surface area contributed by atoms with Gasteiger partial charge in [-0.15, -0.1) is 5.92 Å². The maximum absolute atomic E-state index is 3.50. The third-order valence-electron chi connectivity index (χ3n) is 6.44. The van der Waals surface area contributed by atoms with Crippen LogP contribution >= 0.6 is 0 Å². The Bertz CT molecular complexity index is 414. The summed E-state index contributed by atoms with van der Waals surface area (Å²) in [5, 5.41) is 0. The van der Waals surface area contributed by atoms with E-state index in [1.807, 2.05) is 0 Å². The molecule has 0 spiro atoms. The molecule has 0 aromatic carbocycles. The lowest BCUT2D eigenvalue weighted by atomic mass is 9.95. The minimum absolute atomic E-state index is 0.625. The third-order valence-corrected chi connectivity index (χ3v) is 6.44. The van der Waals surface area contributed by atoms with E-state index in [-0.39, 0.29) is 0 Å². The van der Waals surface area contributed by atoms with Crippen molar-refractivity contribution in [3.63, 3.8) is 0 Å².